The van der Waals surface area contributed by atoms with Gasteiger partial charge in [-0.15, -0.1) is 0 Å². The van der Waals surface area contributed by atoms with Gasteiger partial charge in [-0.05, 0) is 44.7 Å². The molecule has 0 aliphatic heterocycles. The zero-order chi connectivity index (χ0) is 14.7. The van der Waals surface area contributed by atoms with Crippen molar-refractivity contribution >= 4 is 5.69 Å². The lowest BCUT2D eigenvalue weighted by Gasteiger charge is -2.29. The Morgan fingerprint density at radius 2 is 1.95 bits per heavy atom. The van der Waals surface area contributed by atoms with Crippen LogP contribution in [0.5, 0.6) is 0 Å². The molecule has 4 heteroatoms. The molecule has 2 aromatic rings. The van der Waals surface area contributed by atoms with Crippen molar-refractivity contribution in [2.75, 3.05) is 5.32 Å². The summed E-state index contributed by atoms with van der Waals surface area (Å²) in [5.74, 6) is 2.02. The fraction of sp³-hybridized carbons (Fsp3) is 0.529. The van der Waals surface area contributed by atoms with Crippen molar-refractivity contribution in [3.05, 3.63) is 30.1 Å². The summed E-state index contributed by atoms with van der Waals surface area (Å²) in [6.07, 6.45) is 6.77. The largest absolute Gasteiger partial charge is 0.382 e. The topological polar surface area (TPSA) is 51.0 Å². The molecular weight excluding hydrogens is 262 g/mol. The van der Waals surface area contributed by atoms with Crippen LogP contribution >= 0.6 is 0 Å². The average molecular weight is 285 g/mol. The number of hydrogen-bond acceptors (Lipinski definition) is 4. The van der Waals surface area contributed by atoms with Gasteiger partial charge in [0.05, 0.1) is 5.56 Å². The van der Waals surface area contributed by atoms with Crippen LogP contribution in [0, 0.1) is 12.8 Å². The molecule has 0 saturated heterocycles. The van der Waals surface area contributed by atoms with E-state index >= 15 is 0 Å². The summed E-state index contributed by atoms with van der Waals surface area (Å²) < 4.78 is 5.32. The Balaban J connectivity index is 1.79. The van der Waals surface area contributed by atoms with Crippen LogP contribution in [0.25, 0.3) is 11.5 Å². The van der Waals surface area contributed by atoms with Crippen LogP contribution < -0.4 is 5.32 Å². The standard InChI is InChI=1S/C17H23N3O/c1-12(14-8-4-3-5-9-14)18-16-11-7-6-10-15(16)17-19-13(2)20-21-17/h6-7,10-12,14,18H,3-5,8-9H2,1-2H3. The van der Waals surface area contributed by atoms with Crippen molar-refractivity contribution in [1.29, 1.82) is 0 Å². The van der Waals surface area contributed by atoms with Crippen LogP contribution in [-0.2, 0) is 0 Å². The normalized spacial score (nSPS) is 17.6. The molecule has 4 nitrogen and oxygen atoms in total. The van der Waals surface area contributed by atoms with Gasteiger partial charge in [0.1, 0.15) is 0 Å². The molecule has 0 amide bonds. The number of rotatable bonds is 4. The van der Waals surface area contributed by atoms with E-state index in [-0.39, 0.29) is 0 Å². The highest BCUT2D eigenvalue weighted by molar-refractivity contribution is 5.72. The van der Waals surface area contributed by atoms with Gasteiger partial charge in [-0.2, -0.15) is 4.98 Å². The smallest absolute Gasteiger partial charge is 0.260 e. The Kier molecular flexibility index (Phi) is 4.23. The summed E-state index contributed by atoms with van der Waals surface area (Å²) in [6.45, 7) is 4.12. The maximum atomic E-state index is 5.32. The van der Waals surface area contributed by atoms with Crippen molar-refractivity contribution in [3.63, 3.8) is 0 Å². The molecule has 0 radical (unpaired) electrons. The summed E-state index contributed by atoms with van der Waals surface area (Å²) in [5.41, 5.74) is 2.07. The molecule has 1 atom stereocenters. The minimum atomic E-state index is 0.468. The fourth-order valence-corrected chi connectivity index (χ4v) is 3.20. The van der Waals surface area contributed by atoms with Gasteiger partial charge < -0.3 is 9.84 Å². The number of aryl methyl sites for hydroxylation is 1. The van der Waals surface area contributed by atoms with Gasteiger partial charge in [0.2, 0.25) is 0 Å². The highest BCUT2D eigenvalue weighted by Crippen LogP contribution is 2.31. The quantitative estimate of drug-likeness (QED) is 0.903. The molecule has 1 aliphatic carbocycles. The maximum Gasteiger partial charge on any atom is 0.260 e. The molecule has 0 spiro atoms. The van der Waals surface area contributed by atoms with Gasteiger partial charge in [0.15, 0.2) is 5.82 Å². The van der Waals surface area contributed by atoms with E-state index in [1.807, 2.05) is 25.1 Å². The Bertz CT molecular complexity index is 587. The summed E-state index contributed by atoms with van der Waals surface area (Å²) in [7, 11) is 0. The first-order chi connectivity index (χ1) is 10.2. The minimum Gasteiger partial charge on any atom is -0.382 e. The predicted molar refractivity (Wildman–Crippen MR) is 84.1 cm³/mol. The molecule has 112 valence electrons. The predicted octanol–water partition coefficient (Wildman–Crippen LogP) is 4.43. The molecular formula is C17H23N3O. The van der Waals surface area contributed by atoms with Crippen molar-refractivity contribution in [1.82, 2.24) is 10.1 Å². The van der Waals surface area contributed by atoms with Crippen LogP contribution in [0.1, 0.15) is 44.9 Å². The second kappa shape index (κ2) is 6.29. The van der Waals surface area contributed by atoms with Gasteiger partial charge in [0, 0.05) is 11.7 Å². The second-order valence-electron chi connectivity index (χ2n) is 6.02. The lowest BCUT2D eigenvalue weighted by Crippen LogP contribution is -2.27. The van der Waals surface area contributed by atoms with E-state index in [1.54, 1.807) is 0 Å². The van der Waals surface area contributed by atoms with Gasteiger partial charge >= 0.3 is 0 Å². The molecule has 1 heterocycles. The number of para-hydroxylation sites is 1. The van der Waals surface area contributed by atoms with Crippen molar-refractivity contribution in [2.45, 2.75) is 52.0 Å². The van der Waals surface area contributed by atoms with E-state index < -0.39 is 0 Å². The van der Waals surface area contributed by atoms with Crippen LogP contribution in [0.4, 0.5) is 5.69 Å². The molecule has 21 heavy (non-hydrogen) atoms. The third-order valence-corrected chi connectivity index (χ3v) is 4.43. The highest BCUT2D eigenvalue weighted by Gasteiger charge is 2.21. The molecule has 1 aliphatic rings. The van der Waals surface area contributed by atoms with Crippen molar-refractivity contribution in [2.24, 2.45) is 5.92 Å². The maximum absolute atomic E-state index is 5.32. The third-order valence-electron chi connectivity index (χ3n) is 4.43. The zero-order valence-electron chi connectivity index (χ0n) is 12.8. The zero-order valence-corrected chi connectivity index (χ0v) is 12.8. The molecule has 1 aromatic heterocycles. The molecule has 1 fully saturated rings. The van der Waals surface area contributed by atoms with Crippen molar-refractivity contribution < 1.29 is 4.52 Å². The lowest BCUT2D eigenvalue weighted by atomic mass is 9.84. The van der Waals surface area contributed by atoms with Crippen LogP contribution in [0.2, 0.25) is 0 Å². The average Bonchev–Trinajstić information content (AvgIpc) is 2.95. The van der Waals surface area contributed by atoms with E-state index in [4.69, 9.17) is 4.52 Å². The third kappa shape index (κ3) is 3.26. The SMILES string of the molecule is Cc1noc(-c2ccccc2NC(C)C2CCCCC2)n1. The molecule has 1 aromatic carbocycles. The Morgan fingerprint density at radius 1 is 1.19 bits per heavy atom. The number of aromatic nitrogens is 2. The van der Waals surface area contributed by atoms with E-state index in [2.05, 4.69) is 28.4 Å². The fourth-order valence-electron chi connectivity index (χ4n) is 3.20. The number of nitrogens with zero attached hydrogens (tertiary/aromatic N) is 2. The highest BCUT2D eigenvalue weighted by atomic mass is 16.5. The monoisotopic (exact) mass is 285 g/mol. The van der Waals surface area contributed by atoms with Gasteiger partial charge in [0.25, 0.3) is 5.89 Å². The summed E-state index contributed by atoms with van der Waals surface area (Å²) in [4.78, 5) is 4.34. The molecule has 1 unspecified atom stereocenters. The van der Waals surface area contributed by atoms with Crippen LogP contribution in [-0.4, -0.2) is 16.2 Å². The van der Waals surface area contributed by atoms with Crippen LogP contribution in [0.3, 0.4) is 0 Å². The molecule has 0 bridgehead atoms. The minimum absolute atomic E-state index is 0.468. The van der Waals surface area contributed by atoms with E-state index in [0.717, 1.165) is 17.2 Å². The van der Waals surface area contributed by atoms with Gasteiger partial charge in [-0.1, -0.05) is 36.6 Å². The first-order valence-electron chi connectivity index (χ1n) is 7.90. The summed E-state index contributed by atoms with van der Waals surface area (Å²) in [5, 5.41) is 7.55. The molecule has 3 rings (SSSR count). The summed E-state index contributed by atoms with van der Waals surface area (Å²) in [6, 6.07) is 8.64. The van der Waals surface area contributed by atoms with Crippen molar-refractivity contribution in [3.8, 4) is 11.5 Å². The number of hydrogen-bond donors (Lipinski definition) is 1. The van der Waals surface area contributed by atoms with E-state index in [0.29, 0.717) is 17.8 Å². The first kappa shape index (κ1) is 14.1. The van der Waals surface area contributed by atoms with E-state index in [9.17, 15) is 0 Å². The second-order valence-corrected chi connectivity index (χ2v) is 6.02. The molecule has 1 N–H and O–H groups in total. The Hall–Kier alpha value is -1.84. The number of benzene rings is 1. The summed E-state index contributed by atoms with van der Waals surface area (Å²) >= 11 is 0. The first-order valence-corrected chi connectivity index (χ1v) is 7.90. The molecule has 1 saturated carbocycles. The van der Waals surface area contributed by atoms with Gasteiger partial charge in [-0.3, -0.25) is 0 Å². The lowest BCUT2D eigenvalue weighted by molar-refractivity contribution is 0.328. The van der Waals surface area contributed by atoms with E-state index in [1.165, 1.54) is 32.1 Å². The van der Waals surface area contributed by atoms with Gasteiger partial charge in [-0.25, -0.2) is 0 Å². The number of nitrogens with one attached hydrogen (secondary N) is 1. The Labute approximate surface area is 126 Å². The number of anilines is 1. The Morgan fingerprint density at radius 3 is 2.67 bits per heavy atom. The van der Waals surface area contributed by atoms with Crippen LogP contribution in [0.15, 0.2) is 28.8 Å².